The standard InChI is InChI=1S/C26H24ClN5O3/c1-34-23-10-6-5-9-20(23)22-15-21(17-11-13-18(27)14-12-17)28-26-30-25(31-32(22)26)29-24(33)16-35-19-7-3-2-4-8-19/h2-14,21-22H,15-16H2,1H3,(H2,28,29,30,31,33). The highest BCUT2D eigenvalue weighted by atomic mass is 35.5. The zero-order valence-electron chi connectivity index (χ0n) is 19.0. The van der Waals surface area contributed by atoms with Gasteiger partial charge in [-0.25, -0.2) is 4.68 Å². The molecule has 0 bridgehead atoms. The maximum Gasteiger partial charge on any atom is 0.264 e. The van der Waals surface area contributed by atoms with Gasteiger partial charge in [-0.1, -0.05) is 60.1 Å². The van der Waals surface area contributed by atoms with E-state index in [4.69, 9.17) is 21.1 Å². The summed E-state index contributed by atoms with van der Waals surface area (Å²) in [7, 11) is 1.65. The number of aromatic nitrogens is 3. The SMILES string of the molecule is COc1ccccc1C1CC(c2ccc(Cl)cc2)Nc2nc(NC(=O)COc3ccccc3)nn21. The molecule has 0 spiro atoms. The van der Waals surface area contributed by atoms with E-state index in [-0.39, 0.29) is 30.5 Å². The van der Waals surface area contributed by atoms with Crippen molar-refractivity contribution in [1.82, 2.24) is 14.8 Å². The maximum atomic E-state index is 12.5. The highest BCUT2D eigenvalue weighted by molar-refractivity contribution is 6.30. The van der Waals surface area contributed by atoms with Crippen molar-refractivity contribution in [3.8, 4) is 11.5 Å². The second-order valence-electron chi connectivity index (χ2n) is 8.10. The molecule has 2 atom stereocenters. The molecule has 1 aliphatic rings. The number of rotatable bonds is 7. The molecule has 4 aromatic rings. The van der Waals surface area contributed by atoms with Crippen LogP contribution in [0.4, 0.5) is 11.9 Å². The van der Waals surface area contributed by atoms with Crippen LogP contribution in [0.15, 0.2) is 78.9 Å². The Labute approximate surface area is 207 Å². The molecule has 2 unspecified atom stereocenters. The van der Waals surface area contributed by atoms with Gasteiger partial charge >= 0.3 is 0 Å². The molecule has 1 amide bonds. The van der Waals surface area contributed by atoms with Gasteiger partial charge in [0.25, 0.3) is 11.9 Å². The summed E-state index contributed by atoms with van der Waals surface area (Å²) in [6.45, 7) is -0.148. The fraction of sp³-hybridized carbons (Fsp3) is 0.192. The molecule has 5 rings (SSSR count). The van der Waals surface area contributed by atoms with E-state index in [0.717, 1.165) is 16.9 Å². The van der Waals surface area contributed by atoms with Crippen LogP contribution in [0.25, 0.3) is 0 Å². The Kier molecular flexibility index (Phi) is 6.54. The van der Waals surface area contributed by atoms with Crippen LogP contribution in [0, 0.1) is 0 Å². The summed E-state index contributed by atoms with van der Waals surface area (Å²) in [5.41, 5.74) is 2.05. The van der Waals surface area contributed by atoms with E-state index in [2.05, 4.69) is 20.7 Å². The number of hydrogen-bond acceptors (Lipinski definition) is 6. The van der Waals surface area contributed by atoms with Gasteiger partial charge in [-0.2, -0.15) is 4.98 Å². The molecule has 0 saturated carbocycles. The number of nitrogens with zero attached hydrogens (tertiary/aromatic N) is 3. The van der Waals surface area contributed by atoms with E-state index in [0.29, 0.717) is 23.1 Å². The lowest BCUT2D eigenvalue weighted by Gasteiger charge is -2.32. The number of anilines is 2. The average Bonchev–Trinajstić information content (AvgIpc) is 3.30. The Morgan fingerprint density at radius 1 is 1.09 bits per heavy atom. The van der Waals surface area contributed by atoms with Crippen molar-refractivity contribution >= 4 is 29.4 Å². The summed E-state index contributed by atoms with van der Waals surface area (Å²) < 4.78 is 12.9. The molecular formula is C26H24ClN5O3. The molecule has 8 nitrogen and oxygen atoms in total. The Bertz CT molecular complexity index is 1310. The predicted molar refractivity (Wildman–Crippen MR) is 134 cm³/mol. The van der Waals surface area contributed by atoms with Crippen LogP contribution < -0.4 is 20.1 Å². The Hall–Kier alpha value is -4.04. The molecular weight excluding hydrogens is 466 g/mol. The molecule has 0 fully saturated rings. The summed E-state index contributed by atoms with van der Waals surface area (Å²) in [5, 5.41) is 11.5. The molecule has 35 heavy (non-hydrogen) atoms. The lowest BCUT2D eigenvalue weighted by Crippen LogP contribution is -2.28. The zero-order valence-corrected chi connectivity index (χ0v) is 19.8. The minimum Gasteiger partial charge on any atom is -0.496 e. The maximum absolute atomic E-state index is 12.5. The fourth-order valence-electron chi connectivity index (χ4n) is 4.17. The van der Waals surface area contributed by atoms with Crippen LogP contribution in [0.2, 0.25) is 5.02 Å². The number of fused-ring (bicyclic) bond motifs is 1. The second kappa shape index (κ2) is 10.1. The van der Waals surface area contributed by atoms with Gasteiger partial charge in [0.1, 0.15) is 11.5 Å². The van der Waals surface area contributed by atoms with Crippen LogP contribution in [-0.2, 0) is 4.79 Å². The van der Waals surface area contributed by atoms with Crippen molar-refractivity contribution in [2.45, 2.75) is 18.5 Å². The third-order valence-corrected chi connectivity index (χ3v) is 6.08. The number of halogens is 1. The first kappa shape index (κ1) is 22.7. The Morgan fingerprint density at radius 3 is 2.60 bits per heavy atom. The van der Waals surface area contributed by atoms with E-state index in [1.807, 2.05) is 66.7 Å². The first-order valence-corrected chi connectivity index (χ1v) is 11.6. The second-order valence-corrected chi connectivity index (χ2v) is 8.53. The van der Waals surface area contributed by atoms with E-state index >= 15 is 0 Å². The molecule has 2 heterocycles. The largest absolute Gasteiger partial charge is 0.496 e. The van der Waals surface area contributed by atoms with Crippen molar-refractivity contribution in [1.29, 1.82) is 0 Å². The Balaban J connectivity index is 1.41. The predicted octanol–water partition coefficient (Wildman–Crippen LogP) is 5.10. The van der Waals surface area contributed by atoms with Crippen molar-refractivity contribution in [3.05, 3.63) is 95.0 Å². The van der Waals surface area contributed by atoms with E-state index < -0.39 is 0 Å². The average molecular weight is 490 g/mol. The summed E-state index contributed by atoms with van der Waals surface area (Å²) in [6.07, 6.45) is 0.697. The summed E-state index contributed by atoms with van der Waals surface area (Å²) in [4.78, 5) is 17.0. The highest BCUT2D eigenvalue weighted by Crippen LogP contribution is 2.41. The van der Waals surface area contributed by atoms with E-state index in [1.54, 1.807) is 23.9 Å². The molecule has 1 aliphatic heterocycles. The fourth-order valence-corrected chi connectivity index (χ4v) is 4.30. The lowest BCUT2D eigenvalue weighted by atomic mass is 9.93. The minimum atomic E-state index is -0.347. The topological polar surface area (TPSA) is 90.3 Å². The van der Waals surface area contributed by atoms with Gasteiger partial charge < -0.3 is 14.8 Å². The first-order chi connectivity index (χ1) is 17.1. The normalized spacial score (nSPS) is 16.6. The number of carbonyl (C=O) groups excluding carboxylic acids is 1. The Morgan fingerprint density at radius 2 is 1.83 bits per heavy atom. The molecule has 0 aliphatic carbocycles. The molecule has 0 radical (unpaired) electrons. The third kappa shape index (κ3) is 5.07. The zero-order chi connectivity index (χ0) is 24.2. The van der Waals surface area contributed by atoms with Gasteiger partial charge in [-0.05, 0) is 42.3 Å². The lowest BCUT2D eigenvalue weighted by molar-refractivity contribution is -0.118. The molecule has 9 heteroatoms. The number of methoxy groups -OCH3 is 1. The van der Waals surface area contributed by atoms with Gasteiger partial charge in [-0.3, -0.25) is 10.1 Å². The van der Waals surface area contributed by atoms with Crippen molar-refractivity contribution < 1.29 is 14.3 Å². The molecule has 0 saturated heterocycles. The van der Waals surface area contributed by atoms with Crippen molar-refractivity contribution in [2.24, 2.45) is 0 Å². The van der Waals surface area contributed by atoms with Crippen molar-refractivity contribution in [3.63, 3.8) is 0 Å². The molecule has 2 N–H and O–H groups in total. The van der Waals surface area contributed by atoms with Crippen LogP contribution in [0.1, 0.15) is 29.6 Å². The third-order valence-electron chi connectivity index (χ3n) is 5.82. The minimum absolute atomic E-state index is 0.0381. The van der Waals surface area contributed by atoms with E-state index in [9.17, 15) is 4.79 Å². The van der Waals surface area contributed by atoms with Crippen LogP contribution >= 0.6 is 11.6 Å². The monoisotopic (exact) mass is 489 g/mol. The van der Waals surface area contributed by atoms with Gasteiger partial charge in [-0.15, -0.1) is 5.10 Å². The number of para-hydroxylation sites is 2. The molecule has 178 valence electrons. The van der Waals surface area contributed by atoms with Crippen molar-refractivity contribution in [2.75, 3.05) is 24.4 Å². The van der Waals surface area contributed by atoms with E-state index in [1.165, 1.54) is 0 Å². The number of hydrogen-bond donors (Lipinski definition) is 2. The van der Waals surface area contributed by atoms with Gasteiger partial charge in [0.2, 0.25) is 5.95 Å². The van der Waals surface area contributed by atoms with Gasteiger partial charge in [0.05, 0.1) is 19.2 Å². The number of ether oxygens (including phenoxy) is 2. The number of benzene rings is 3. The van der Waals surface area contributed by atoms with Crippen LogP contribution in [-0.4, -0.2) is 34.4 Å². The van der Waals surface area contributed by atoms with Crippen LogP contribution in [0.3, 0.4) is 0 Å². The first-order valence-electron chi connectivity index (χ1n) is 11.2. The van der Waals surface area contributed by atoms with Gasteiger partial charge in [0, 0.05) is 10.6 Å². The summed E-state index contributed by atoms with van der Waals surface area (Å²) >= 11 is 6.10. The smallest absolute Gasteiger partial charge is 0.264 e. The number of carbonyl (C=O) groups is 1. The molecule has 3 aromatic carbocycles. The van der Waals surface area contributed by atoms with Crippen LogP contribution in [0.5, 0.6) is 11.5 Å². The number of nitrogens with one attached hydrogen (secondary N) is 2. The summed E-state index contributed by atoms with van der Waals surface area (Å²) in [5.74, 6) is 1.78. The van der Waals surface area contributed by atoms with Gasteiger partial charge in [0.15, 0.2) is 6.61 Å². The number of amides is 1. The summed E-state index contributed by atoms with van der Waals surface area (Å²) in [6, 6.07) is 24.5. The molecule has 1 aromatic heterocycles. The highest BCUT2D eigenvalue weighted by Gasteiger charge is 2.33. The quantitative estimate of drug-likeness (QED) is 0.375.